The van der Waals surface area contributed by atoms with Gasteiger partial charge in [0.15, 0.2) is 0 Å². The first-order valence-electron chi connectivity index (χ1n) is 2.79. The topological polar surface area (TPSA) is 91.8 Å². The second kappa shape index (κ2) is 5.89. The van der Waals surface area contributed by atoms with Gasteiger partial charge >= 0.3 is 0 Å². The fourth-order valence-electron chi connectivity index (χ4n) is 0.368. The summed E-state index contributed by atoms with van der Waals surface area (Å²) in [5.74, 6) is 0. The van der Waals surface area contributed by atoms with Crippen molar-refractivity contribution >= 4 is 31.3 Å². The van der Waals surface area contributed by atoms with Crippen LogP contribution in [0.2, 0.25) is 0 Å². The van der Waals surface area contributed by atoms with Crippen LogP contribution in [0.3, 0.4) is 0 Å². The molecule has 70 valence electrons. The number of hydrogen-bond acceptors (Lipinski definition) is 6. The van der Waals surface area contributed by atoms with Crippen LogP contribution in [0.15, 0.2) is 0 Å². The summed E-state index contributed by atoms with van der Waals surface area (Å²) >= 11 is 0. The van der Waals surface area contributed by atoms with E-state index in [1.165, 1.54) is 0 Å². The van der Waals surface area contributed by atoms with Gasteiger partial charge in [0.25, 0.3) is 0 Å². The molecule has 0 aromatic rings. The van der Waals surface area contributed by atoms with Crippen molar-refractivity contribution < 1.29 is 22.0 Å². The molecule has 0 saturated carbocycles. The Labute approximate surface area is 72.1 Å². The van der Waals surface area contributed by atoms with Crippen molar-refractivity contribution in [3.8, 4) is 0 Å². The van der Waals surface area contributed by atoms with Crippen LogP contribution in [0, 0.1) is 0 Å². The van der Waals surface area contributed by atoms with E-state index in [9.17, 15) is 16.8 Å². The lowest BCUT2D eigenvalue weighted by molar-refractivity contribution is -0.0585. The van der Waals surface area contributed by atoms with E-state index in [-0.39, 0.29) is 13.1 Å². The zero-order valence-corrected chi connectivity index (χ0v) is 7.55. The lowest BCUT2D eigenvalue weighted by atomic mass is 10.6. The third-order valence-electron chi connectivity index (χ3n) is 0.843. The van der Waals surface area contributed by atoms with Gasteiger partial charge in [-0.25, -0.2) is 0 Å². The first-order chi connectivity index (χ1) is 5.52. The molecule has 0 fully saturated rings. The van der Waals surface area contributed by atoms with Gasteiger partial charge < -0.3 is 5.21 Å². The Hall–Kier alpha value is -0.700. The molecule has 1 N–H and O–H groups in total. The number of hydroxylamine groups is 2. The molecule has 0 bridgehead atoms. The standard InChI is InChI=1S/C4H7NO5S2/c6-5(1-3-11(7)8)2-4-12(9)10/h3-4,6H,1-2H2. The summed E-state index contributed by atoms with van der Waals surface area (Å²) in [5.41, 5.74) is 0. The highest BCUT2D eigenvalue weighted by Gasteiger charge is 1.94. The summed E-state index contributed by atoms with van der Waals surface area (Å²) in [6.07, 6.45) is 0. The largest absolute Gasteiger partial charge is 0.313 e. The highest BCUT2D eigenvalue weighted by atomic mass is 32.2. The third-order valence-corrected chi connectivity index (χ3v) is 1.69. The molecule has 0 atom stereocenters. The van der Waals surface area contributed by atoms with Gasteiger partial charge in [-0.1, -0.05) is 0 Å². The molecule has 0 aliphatic rings. The predicted octanol–water partition coefficient (Wildman–Crippen LogP) is -1.96. The van der Waals surface area contributed by atoms with Crippen LogP contribution in [-0.2, 0) is 20.6 Å². The van der Waals surface area contributed by atoms with Crippen molar-refractivity contribution in [1.82, 2.24) is 5.06 Å². The van der Waals surface area contributed by atoms with E-state index in [1.807, 2.05) is 0 Å². The average Bonchev–Trinajstić information content (AvgIpc) is 1.96. The van der Waals surface area contributed by atoms with Crippen molar-refractivity contribution in [1.29, 1.82) is 0 Å². The molecule has 0 aliphatic carbocycles. The van der Waals surface area contributed by atoms with Gasteiger partial charge in [-0.3, -0.25) is 0 Å². The average molecular weight is 213 g/mol. The van der Waals surface area contributed by atoms with Crippen LogP contribution in [0.5, 0.6) is 0 Å². The Kier molecular flexibility index (Phi) is 5.54. The van der Waals surface area contributed by atoms with Crippen molar-refractivity contribution in [2.75, 3.05) is 13.1 Å². The van der Waals surface area contributed by atoms with E-state index in [4.69, 9.17) is 5.21 Å². The minimum Gasteiger partial charge on any atom is -0.313 e. The van der Waals surface area contributed by atoms with Gasteiger partial charge in [0.05, 0.1) is 23.8 Å². The summed E-state index contributed by atoms with van der Waals surface area (Å²) in [6, 6.07) is 0. The van der Waals surface area contributed by atoms with Crippen LogP contribution in [-0.4, -0.2) is 50.9 Å². The SMILES string of the molecule is O=S(=O)=CCN(O)CC=S(=O)=O. The molecule has 0 amide bonds. The Morgan fingerprint density at radius 2 is 1.33 bits per heavy atom. The second-order valence-corrected chi connectivity index (χ2v) is 3.43. The Morgan fingerprint density at radius 1 is 1.00 bits per heavy atom. The molecule has 0 unspecified atom stereocenters. The van der Waals surface area contributed by atoms with Crippen LogP contribution in [0.1, 0.15) is 0 Å². The van der Waals surface area contributed by atoms with Gasteiger partial charge in [-0.15, -0.1) is 0 Å². The molecule has 0 saturated heterocycles. The highest BCUT2D eigenvalue weighted by Crippen LogP contribution is 1.73. The van der Waals surface area contributed by atoms with Gasteiger partial charge in [-0.05, 0) is 0 Å². The van der Waals surface area contributed by atoms with E-state index in [2.05, 4.69) is 0 Å². The van der Waals surface area contributed by atoms with E-state index in [0.29, 0.717) is 5.06 Å². The van der Waals surface area contributed by atoms with Crippen LogP contribution in [0.25, 0.3) is 0 Å². The maximum Gasteiger partial charge on any atom is 0.211 e. The second-order valence-electron chi connectivity index (χ2n) is 1.73. The molecule has 0 spiro atoms. The zero-order chi connectivity index (χ0) is 9.56. The smallest absolute Gasteiger partial charge is 0.211 e. The quantitative estimate of drug-likeness (QED) is 0.430. The summed E-state index contributed by atoms with van der Waals surface area (Å²) in [6.45, 7) is -0.465. The Balaban J connectivity index is 4.00. The minimum atomic E-state index is -2.34. The molecule has 0 aromatic heterocycles. The van der Waals surface area contributed by atoms with E-state index < -0.39 is 20.6 Å². The Bertz CT molecular complexity index is 324. The molecule has 0 aromatic carbocycles. The van der Waals surface area contributed by atoms with E-state index >= 15 is 0 Å². The summed E-state index contributed by atoms with van der Waals surface area (Å²) in [7, 11) is -4.69. The summed E-state index contributed by atoms with van der Waals surface area (Å²) in [5, 5.41) is 10.9. The summed E-state index contributed by atoms with van der Waals surface area (Å²) in [4.78, 5) is 0. The fraction of sp³-hybridized carbons (Fsp3) is 0.500. The molecule has 0 aliphatic heterocycles. The lowest BCUT2D eigenvalue weighted by Gasteiger charge is -2.05. The number of nitrogens with zero attached hydrogens (tertiary/aromatic N) is 1. The van der Waals surface area contributed by atoms with Crippen LogP contribution in [0.4, 0.5) is 0 Å². The van der Waals surface area contributed by atoms with Crippen molar-refractivity contribution in [2.24, 2.45) is 0 Å². The fourth-order valence-corrected chi connectivity index (χ4v) is 0.956. The molecule has 12 heavy (non-hydrogen) atoms. The van der Waals surface area contributed by atoms with Gasteiger partial charge in [0.2, 0.25) is 20.6 Å². The van der Waals surface area contributed by atoms with Crippen LogP contribution >= 0.6 is 0 Å². The Morgan fingerprint density at radius 3 is 1.58 bits per heavy atom. The van der Waals surface area contributed by atoms with Gasteiger partial charge in [0.1, 0.15) is 0 Å². The molecule has 0 rings (SSSR count). The van der Waals surface area contributed by atoms with Gasteiger partial charge in [0, 0.05) is 0 Å². The van der Waals surface area contributed by atoms with E-state index in [1.54, 1.807) is 0 Å². The molecule has 6 nitrogen and oxygen atoms in total. The van der Waals surface area contributed by atoms with E-state index in [0.717, 1.165) is 10.7 Å². The molecule has 0 radical (unpaired) electrons. The highest BCUT2D eigenvalue weighted by molar-refractivity contribution is 7.71. The lowest BCUT2D eigenvalue weighted by Crippen LogP contribution is -2.23. The van der Waals surface area contributed by atoms with Gasteiger partial charge in [-0.2, -0.15) is 21.9 Å². The van der Waals surface area contributed by atoms with Crippen molar-refractivity contribution in [2.45, 2.75) is 0 Å². The maximum atomic E-state index is 9.92. The normalized spacial score (nSPS) is 9.50. The predicted molar refractivity (Wildman–Crippen MR) is 43.3 cm³/mol. The first kappa shape index (κ1) is 11.3. The minimum absolute atomic E-state index is 0.232. The maximum absolute atomic E-state index is 9.92. The molecule has 8 heteroatoms. The zero-order valence-electron chi connectivity index (χ0n) is 5.91. The number of hydrogen-bond donors (Lipinski definition) is 1. The molecular weight excluding hydrogens is 206 g/mol. The third kappa shape index (κ3) is 7.41. The first-order valence-corrected chi connectivity index (χ1v) is 5.06. The molecule has 0 heterocycles. The van der Waals surface area contributed by atoms with Crippen LogP contribution < -0.4 is 0 Å². The monoisotopic (exact) mass is 213 g/mol. The van der Waals surface area contributed by atoms with Crippen molar-refractivity contribution in [3.63, 3.8) is 0 Å². The van der Waals surface area contributed by atoms with Crippen molar-refractivity contribution in [3.05, 3.63) is 0 Å². The summed E-state index contributed by atoms with van der Waals surface area (Å²) < 4.78 is 39.7. The molecular formula is C4H7NO5S2. The number of rotatable bonds is 4.